The highest BCUT2D eigenvalue weighted by Gasteiger charge is 2.58. The van der Waals surface area contributed by atoms with E-state index in [0.717, 1.165) is 116 Å². The van der Waals surface area contributed by atoms with Gasteiger partial charge in [0, 0.05) is 42.0 Å². The Bertz CT molecular complexity index is 1930. The number of aromatic nitrogens is 1. The van der Waals surface area contributed by atoms with Gasteiger partial charge in [0.2, 0.25) is 10.4 Å². The fraction of sp³-hybridized carbons (Fsp3) is 0.688. The molecule has 14 nitrogen and oxygen atoms in total. The van der Waals surface area contributed by atoms with E-state index in [1.165, 1.54) is 6.20 Å². The molecule has 2 aliphatic rings. The lowest BCUT2D eigenvalue weighted by atomic mass is 9.82. The predicted octanol–water partition coefficient (Wildman–Crippen LogP) is 9.75. The van der Waals surface area contributed by atoms with Gasteiger partial charge in [0.1, 0.15) is 12.2 Å². The van der Waals surface area contributed by atoms with Crippen molar-refractivity contribution in [2.45, 2.75) is 167 Å². The number of carboxylic acids is 2. The molecule has 64 heavy (non-hydrogen) atoms. The summed E-state index contributed by atoms with van der Waals surface area (Å²) in [6.07, 6.45) is 14.8. The number of nitrogens with zero attached hydrogens (tertiary/aromatic N) is 4. The molecule has 1 aromatic heterocycles. The van der Waals surface area contributed by atoms with Crippen LogP contribution < -0.4 is 4.73 Å². The van der Waals surface area contributed by atoms with E-state index in [2.05, 4.69) is 71.0 Å². The number of aryl methyl sites for hydroxylation is 1. The molecule has 0 aliphatic carbocycles. The van der Waals surface area contributed by atoms with Crippen molar-refractivity contribution >= 4 is 49.6 Å². The second kappa shape index (κ2) is 26.5. The first kappa shape index (κ1) is 54.7. The number of piperidine rings is 2. The van der Waals surface area contributed by atoms with Crippen molar-refractivity contribution in [3.05, 3.63) is 68.6 Å². The van der Waals surface area contributed by atoms with Gasteiger partial charge in [-0.05, 0) is 95.6 Å². The number of amides is 1. The van der Waals surface area contributed by atoms with Crippen molar-refractivity contribution in [3.8, 4) is 0 Å². The molecule has 2 unspecified atom stereocenters. The highest BCUT2D eigenvalue weighted by Crippen LogP contribution is 2.38. The fourth-order valence-corrected chi connectivity index (χ4v) is 10.7. The Labute approximate surface area is 390 Å². The molecule has 0 bridgehead atoms. The molecule has 2 aliphatic heterocycles. The Morgan fingerprint density at radius 1 is 0.891 bits per heavy atom. The van der Waals surface area contributed by atoms with Crippen LogP contribution in [0.2, 0.25) is 0 Å². The summed E-state index contributed by atoms with van der Waals surface area (Å²) in [4.78, 5) is 47.0. The second-order valence-electron chi connectivity index (χ2n) is 17.9. The van der Waals surface area contributed by atoms with Crippen LogP contribution in [-0.4, -0.2) is 99.6 Å². The van der Waals surface area contributed by atoms with Crippen LogP contribution in [0.5, 0.6) is 0 Å². The number of aliphatic carboxylic acids is 2. The lowest BCUT2D eigenvalue weighted by Gasteiger charge is -2.49. The SMILES string of the molecule is CCCCCCCCC(C(=O)O)C(CCCCCCCC)(C(=O)O)S(=O)(=O)O.CCO/N=C(/c1ccc(Br)cc1)C1CCN(C2(C)CCN(C(=O)c3c(C)cc[n+]([O-])c3C)CC2)CC1. The van der Waals surface area contributed by atoms with E-state index < -0.39 is 32.7 Å². The summed E-state index contributed by atoms with van der Waals surface area (Å²) >= 11 is 3.52. The number of unbranched alkanes of at least 4 members (excludes halogenated alkanes) is 10. The minimum absolute atomic E-state index is 0.0257. The zero-order chi connectivity index (χ0) is 47.5. The van der Waals surface area contributed by atoms with Gasteiger partial charge >= 0.3 is 11.9 Å². The van der Waals surface area contributed by atoms with Crippen LogP contribution >= 0.6 is 15.9 Å². The third-order valence-corrected chi connectivity index (χ3v) is 15.5. The molecule has 3 N–H and O–H groups in total. The predicted molar refractivity (Wildman–Crippen MR) is 254 cm³/mol. The lowest BCUT2D eigenvalue weighted by molar-refractivity contribution is -0.612. The molecule has 1 aromatic carbocycles. The zero-order valence-corrected chi connectivity index (χ0v) is 41.6. The van der Waals surface area contributed by atoms with E-state index in [9.17, 15) is 42.8 Å². The van der Waals surface area contributed by atoms with Crippen molar-refractivity contribution in [1.82, 2.24) is 9.80 Å². The van der Waals surface area contributed by atoms with Crippen molar-refractivity contribution in [2.75, 3.05) is 32.8 Å². The molecule has 0 spiro atoms. The van der Waals surface area contributed by atoms with Gasteiger partial charge in [0.25, 0.3) is 16.0 Å². The Morgan fingerprint density at radius 3 is 1.95 bits per heavy atom. The van der Waals surface area contributed by atoms with Gasteiger partial charge in [-0.2, -0.15) is 13.1 Å². The Balaban J connectivity index is 0.000000354. The molecule has 3 heterocycles. The summed E-state index contributed by atoms with van der Waals surface area (Å²) in [6.45, 7) is 16.0. The van der Waals surface area contributed by atoms with Crippen LogP contribution in [0.3, 0.4) is 0 Å². The van der Waals surface area contributed by atoms with E-state index in [0.29, 0.717) is 56.1 Å². The van der Waals surface area contributed by atoms with Gasteiger partial charge in [-0.15, -0.1) is 0 Å². The van der Waals surface area contributed by atoms with E-state index in [4.69, 9.17) is 4.84 Å². The molecule has 2 saturated heterocycles. The van der Waals surface area contributed by atoms with Crippen LogP contribution in [0.15, 0.2) is 46.2 Å². The molecule has 16 heteroatoms. The largest absolute Gasteiger partial charge is 0.618 e. The molecule has 0 radical (unpaired) electrons. The summed E-state index contributed by atoms with van der Waals surface area (Å²) in [6, 6.07) is 10.0. The van der Waals surface area contributed by atoms with Gasteiger partial charge in [-0.1, -0.05) is 124 Å². The molecule has 2 atom stereocenters. The van der Waals surface area contributed by atoms with Crippen molar-refractivity contribution < 1.29 is 47.1 Å². The van der Waals surface area contributed by atoms with Crippen LogP contribution in [-0.2, 0) is 24.5 Å². The average molecular weight is 980 g/mol. The summed E-state index contributed by atoms with van der Waals surface area (Å²) in [5, 5.41) is 35.8. The molecular formula is C48H75BrN4O10S. The maximum absolute atomic E-state index is 13.3. The van der Waals surface area contributed by atoms with Gasteiger partial charge in [0.05, 0.1) is 11.6 Å². The van der Waals surface area contributed by atoms with E-state index in [1.54, 1.807) is 13.0 Å². The number of oxime groups is 1. The third kappa shape index (κ3) is 15.0. The molecule has 1 amide bonds. The molecular weight excluding hydrogens is 905 g/mol. The van der Waals surface area contributed by atoms with Gasteiger partial charge in [-0.25, -0.2) is 0 Å². The van der Waals surface area contributed by atoms with E-state index in [-0.39, 0.29) is 30.7 Å². The molecule has 4 rings (SSSR count). The first-order valence-corrected chi connectivity index (χ1v) is 25.7. The van der Waals surface area contributed by atoms with Crippen molar-refractivity contribution in [2.24, 2.45) is 17.0 Å². The number of hydrogen-bond acceptors (Lipinski definition) is 9. The fourth-order valence-electron chi connectivity index (χ4n) is 9.27. The summed E-state index contributed by atoms with van der Waals surface area (Å²) in [7, 11) is -5.10. The highest BCUT2D eigenvalue weighted by molar-refractivity contribution is 9.10. The van der Waals surface area contributed by atoms with Gasteiger partial charge in [0.15, 0.2) is 6.20 Å². The molecule has 0 saturated carbocycles. The first-order chi connectivity index (χ1) is 30.4. The number of hydrogen-bond donors (Lipinski definition) is 3. The average Bonchev–Trinajstić information content (AvgIpc) is 3.25. The normalized spacial score (nSPS) is 17.5. The standard InChI is InChI=1S/C28H37BrN4O3.C20H38O7S/c1-5-36-30-26(22-6-8-24(29)9-7-22)23-11-15-32(16-12-23)28(4)13-18-31(19-14-28)27(34)25-20(2)10-17-33(35)21(25)3;1-3-5-7-9-11-13-15-17(18(21)22)20(19(23)24,28(25,26)27)16-14-12-10-8-6-4-2/h6-10,17,23H,5,11-16,18-19H2,1-4H3;17H,3-16H2,1-2H3,(H,21,22)(H,23,24)(H,25,26,27)/b30-26-;. The minimum Gasteiger partial charge on any atom is -0.618 e. The van der Waals surface area contributed by atoms with Gasteiger partial charge in [-0.3, -0.25) is 23.8 Å². The Morgan fingerprint density at radius 2 is 1.44 bits per heavy atom. The molecule has 2 aromatic rings. The molecule has 2 fully saturated rings. The lowest BCUT2D eigenvalue weighted by Crippen LogP contribution is -2.57. The van der Waals surface area contributed by atoms with Crippen LogP contribution in [0, 0.1) is 30.9 Å². The van der Waals surface area contributed by atoms with Crippen LogP contribution in [0.4, 0.5) is 0 Å². The third-order valence-electron chi connectivity index (χ3n) is 13.4. The van der Waals surface area contributed by atoms with Crippen molar-refractivity contribution in [1.29, 1.82) is 0 Å². The highest BCUT2D eigenvalue weighted by atomic mass is 79.9. The summed E-state index contributed by atoms with van der Waals surface area (Å²) in [5.74, 6) is -4.59. The minimum atomic E-state index is -5.10. The Kier molecular flexibility index (Phi) is 22.7. The van der Waals surface area contributed by atoms with Crippen LogP contribution in [0.1, 0.15) is 170 Å². The maximum Gasteiger partial charge on any atom is 0.328 e. The topological polar surface area (TPSA) is 201 Å². The Hall–Kier alpha value is -3.60. The number of carbonyl (C=O) groups excluding carboxylic acids is 1. The number of likely N-dealkylation sites (tertiary alicyclic amines) is 2. The first-order valence-electron chi connectivity index (χ1n) is 23.5. The zero-order valence-electron chi connectivity index (χ0n) is 39.2. The number of pyridine rings is 1. The number of rotatable bonds is 24. The number of carboxylic acid groups (broad SMARTS) is 2. The maximum atomic E-state index is 13.3. The summed E-state index contributed by atoms with van der Waals surface area (Å²) < 4.78 is 33.1. The number of halogens is 1. The summed E-state index contributed by atoms with van der Waals surface area (Å²) in [5.41, 5.74) is 4.11. The second-order valence-corrected chi connectivity index (χ2v) is 20.5. The van der Waals surface area contributed by atoms with Crippen LogP contribution in [0.25, 0.3) is 0 Å². The van der Waals surface area contributed by atoms with E-state index in [1.807, 2.05) is 18.7 Å². The van der Waals surface area contributed by atoms with Gasteiger partial charge < -0.3 is 25.2 Å². The number of carbonyl (C=O) groups is 3. The number of benzene rings is 1. The quantitative estimate of drug-likeness (QED) is 0.0226. The van der Waals surface area contributed by atoms with E-state index >= 15 is 0 Å². The monoisotopic (exact) mass is 978 g/mol. The molecule has 360 valence electrons. The smallest absolute Gasteiger partial charge is 0.328 e. The van der Waals surface area contributed by atoms with Crippen molar-refractivity contribution in [3.63, 3.8) is 0 Å².